The second-order valence-corrected chi connectivity index (χ2v) is 29.3. The molecule has 0 unspecified atom stereocenters. The summed E-state index contributed by atoms with van der Waals surface area (Å²) in [6.45, 7) is 8.26. The lowest BCUT2D eigenvalue weighted by Gasteiger charge is -1.98. The van der Waals surface area contributed by atoms with Crippen LogP contribution in [0.2, 0.25) is 5.02 Å². The average Bonchev–Trinajstić information content (AvgIpc) is 1.80. The zero-order valence-electron chi connectivity index (χ0n) is 78.2. The van der Waals surface area contributed by atoms with Gasteiger partial charge in [0.15, 0.2) is 5.82 Å². The van der Waals surface area contributed by atoms with E-state index in [-0.39, 0.29) is 28.9 Å². The van der Waals surface area contributed by atoms with E-state index in [1.54, 1.807) is 69.3 Å². The number of aliphatic carboxylic acids is 1. The Hall–Kier alpha value is -22.6. The lowest BCUT2D eigenvalue weighted by Crippen LogP contribution is -2.14. The maximum atomic E-state index is 11.6. The minimum Gasteiger partial charge on any atom is -0.497 e. The lowest BCUT2D eigenvalue weighted by molar-refractivity contribution is -0.136. The highest BCUT2D eigenvalue weighted by molar-refractivity contribution is 6.30. The van der Waals surface area contributed by atoms with Crippen LogP contribution < -0.4 is 15.9 Å². The summed E-state index contributed by atoms with van der Waals surface area (Å²) < 4.78 is 8.84. The number of nitrogens with zero attached hydrogens (tertiary/aromatic N) is 45. The number of carboxylic acid groups (broad SMARTS) is 2. The van der Waals surface area contributed by atoms with Gasteiger partial charge in [-0.25, -0.2) is 19.4 Å². The maximum absolute atomic E-state index is 11.6. The van der Waals surface area contributed by atoms with E-state index in [1.807, 2.05) is 203 Å². The van der Waals surface area contributed by atoms with Crippen molar-refractivity contribution in [1.29, 1.82) is 0 Å². The van der Waals surface area contributed by atoms with Crippen LogP contribution in [0.1, 0.15) is 39.9 Å². The van der Waals surface area contributed by atoms with Crippen LogP contribution in [0.3, 0.4) is 0 Å². The van der Waals surface area contributed by atoms with Crippen molar-refractivity contribution in [1.82, 2.24) is 291 Å². The minimum atomic E-state index is -0.954. The largest absolute Gasteiger partial charge is 0.497 e. The number of hydrogen-bond acceptors (Lipinski definition) is 47. The number of methoxy groups -OCH3 is 1. The van der Waals surface area contributed by atoms with Crippen LogP contribution in [0.15, 0.2) is 271 Å². The van der Waals surface area contributed by atoms with Gasteiger partial charge in [0.25, 0.3) is 22.7 Å². The molecule has 18 heterocycles. The van der Waals surface area contributed by atoms with Gasteiger partial charge in [-0.15, -0.1) is 107 Å². The van der Waals surface area contributed by atoms with E-state index in [2.05, 4.69) is 278 Å². The Bertz CT molecular complexity index is 7830. The number of carbonyl (C=O) groups is 2. The van der Waals surface area contributed by atoms with Gasteiger partial charge in [0.1, 0.15) is 17.9 Å². The molecule has 0 saturated heterocycles. The second kappa shape index (κ2) is 54.2. The molecule has 0 fully saturated rings. The number of H-pyrrole nitrogens is 12. The zero-order chi connectivity index (χ0) is 105. The van der Waals surface area contributed by atoms with E-state index >= 15 is 0 Å². The van der Waals surface area contributed by atoms with Crippen LogP contribution in [0, 0.1) is 20.8 Å². The summed E-state index contributed by atoms with van der Waals surface area (Å²) in [4.78, 5) is 63.5. The van der Waals surface area contributed by atoms with Crippen LogP contribution >= 0.6 is 11.6 Å². The molecule has 7 aromatic carbocycles. The summed E-state index contributed by atoms with van der Waals surface area (Å²) in [7, 11) is 1.63. The summed E-state index contributed by atoms with van der Waals surface area (Å²) >= 11 is 5.71. The third-order valence-corrected chi connectivity index (χ3v) is 19.1. The number of benzene rings is 7. The highest BCUT2D eigenvalue weighted by atomic mass is 35.5. The first-order valence-corrected chi connectivity index (χ1v) is 43.5. The Morgan fingerprint density at radius 1 is 0.347 bits per heavy atom. The molecule has 0 atom stereocenters. The summed E-state index contributed by atoms with van der Waals surface area (Å²) in [5.41, 5.74) is 13.1. The Labute approximate surface area is 841 Å². The maximum Gasteiger partial charge on any atom is 0.335 e. The molecule has 0 aliphatic heterocycles. The molecule has 14 N–H and O–H groups in total. The molecule has 0 amide bonds. The highest BCUT2D eigenvalue weighted by Crippen LogP contribution is 2.24. The molecular weight excluding hydrogens is 1970 g/mol. The molecule has 25 rings (SSSR count). The zero-order valence-corrected chi connectivity index (χ0v) is 78.9. The molecule has 0 aliphatic rings. The van der Waals surface area contributed by atoms with Crippen molar-refractivity contribution in [3.8, 4) is 131 Å². The molecule has 0 saturated carbocycles. The topological polar surface area (TPSA) is 863 Å². The fraction of sp³-hybridized carbons (Fsp3) is 0.0824. The first-order chi connectivity index (χ1) is 73.4. The first kappa shape index (κ1) is 103. The van der Waals surface area contributed by atoms with Crippen molar-refractivity contribution >= 4 is 35.1 Å². The Morgan fingerprint density at radius 3 is 1.13 bits per heavy atom. The van der Waals surface area contributed by atoms with E-state index in [0.29, 0.717) is 92.8 Å². The standard InChI is InChI=1S/C10H7N5O.C8H6N8.C8H6N4O2.C8H8N4O.2C8H8N4.C7H5ClN4.3C6H5N5.C5H5N5O.C5H8N4O2/c16-9-6-8(7-4-2-1-3-5-7)11-10-12-13-14-15(9)10;1-2-5(7-9-13-14-10-7)4-6(3-1)8-11-15-16-12-8;13-8(14)6-3-1-5(2-4-6)7-9-11-12-10-7;1-13-7-4-2-6(3-5-7)8-9-11-12-10-8;2*1-6-2-4-7(5-3-6)8-9-11-12-10-8;8-6-3-1-5(2-4-6)7-9-11-12-10-7;1-3-7-4-2-5(1)6-8-10-11-9-6;1-2-5(4-7-3-1)6-8-10-11-9-6;1-2-4-7-5(3-1)6-8-10-11-9-6;1-3-2-4(11)10-5(6-3)7-8-9-10;1-2-9-4(3-5(10)11)6-7-8-9/h1-6H,(H,11,12,14);1-4H,(H,9,10,13,14)(H,11,12,15,16);1-4H,(H,13,14)(H,9,10,11,12);2-5H,1H3,(H,9,10,11,12);2*2-5H,1H3,(H,9,10,11,12);1-4H,(H,9,10,11,12);3*1-4H,(H,8,9,10,11);2H,1H3,(H,6,7,9);2-3H2,1H3,(H,10,11). The Balaban J connectivity index is 0.000000129. The predicted octanol–water partition coefficient (Wildman–Crippen LogP) is 5.06. The number of nitrogens with one attached hydrogen (secondary N) is 12. The number of rotatable bonds is 16. The molecule has 0 bridgehead atoms. The normalized spacial score (nSPS) is 10.1. The van der Waals surface area contributed by atoms with Gasteiger partial charge in [0.05, 0.1) is 18.4 Å². The van der Waals surface area contributed by atoms with Gasteiger partial charge in [-0.1, -0.05) is 148 Å². The fourth-order valence-corrected chi connectivity index (χ4v) is 11.8. The van der Waals surface area contributed by atoms with Crippen molar-refractivity contribution in [3.05, 3.63) is 315 Å². The van der Waals surface area contributed by atoms with E-state index in [4.69, 9.17) is 26.6 Å². The molecular formula is C85H76ClN57O7. The van der Waals surface area contributed by atoms with Crippen molar-refractivity contribution in [2.24, 2.45) is 0 Å². The van der Waals surface area contributed by atoms with E-state index in [9.17, 15) is 19.2 Å². The van der Waals surface area contributed by atoms with E-state index in [0.717, 1.165) is 67.1 Å². The number of aromatic nitrogens is 57. The van der Waals surface area contributed by atoms with E-state index < -0.39 is 11.9 Å². The van der Waals surface area contributed by atoms with Crippen molar-refractivity contribution in [2.45, 2.75) is 40.7 Å². The molecule has 0 aliphatic carbocycles. The number of pyridine rings is 3. The van der Waals surface area contributed by atoms with Gasteiger partial charge in [-0.05, 0) is 204 Å². The number of hydrogen-bond donors (Lipinski definition) is 14. The number of carboxylic acids is 2. The van der Waals surface area contributed by atoms with Gasteiger partial charge >= 0.3 is 11.9 Å². The van der Waals surface area contributed by atoms with Crippen molar-refractivity contribution < 1.29 is 24.5 Å². The highest BCUT2D eigenvalue weighted by Gasteiger charge is 2.14. The number of ether oxygens (including phenoxy) is 1. The van der Waals surface area contributed by atoms with Crippen molar-refractivity contribution in [2.75, 3.05) is 7.11 Å². The lowest BCUT2D eigenvalue weighted by atomic mass is 10.1. The van der Waals surface area contributed by atoms with Crippen molar-refractivity contribution in [3.63, 3.8) is 0 Å². The summed E-state index contributed by atoms with van der Waals surface area (Å²) in [6.07, 6.45) is 8.32. The third kappa shape index (κ3) is 31.2. The molecule has 64 nitrogen and oxygen atoms in total. The van der Waals surface area contributed by atoms with Crippen LogP contribution in [-0.2, 0) is 17.8 Å². The number of aryl methyl sites for hydroxylation is 4. The Morgan fingerprint density at radius 2 is 0.733 bits per heavy atom. The summed E-state index contributed by atoms with van der Waals surface area (Å²) in [6, 6.07) is 69.6. The molecule has 750 valence electrons. The van der Waals surface area contributed by atoms with Gasteiger partial charge in [-0.3, -0.25) is 29.3 Å². The smallest absolute Gasteiger partial charge is 0.335 e. The quantitative estimate of drug-likeness (QED) is 0.0601. The minimum absolute atomic E-state index is 0.124. The summed E-state index contributed by atoms with van der Waals surface area (Å²) in [5.74, 6) is 5.51. The van der Waals surface area contributed by atoms with Crippen LogP contribution in [0.25, 0.3) is 137 Å². The first-order valence-electron chi connectivity index (χ1n) is 43.1. The number of aromatic carboxylic acids is 1. The average molecular weight is 2040 g/mol. The molecule has 25 aromatic rings. The molecule has 150 heavy (non-hydrogen) atoms. The monoisotopic (exact) mass is 2040 g/mol. The molecule has 65 heteroatoms. The van der Waals surface area contributed by atoms with Gasteiger partial charge in [0.2, 0.25) is 58.2 Å². The van der Waals surface area contributed by atoms with Gasteiger partial charge < -0.3 is 14.9 Å². The van der Waals surface area contributed by atoms with Crippen LogP contribution in [0.5, 0.6) is 5.75 Å². The second-order valence-electron chi connectivity index (χ2n) is 28.9. The molecule has 18 aromatic heterocycles. The van der Waals surface area contributed by atoms with Crippen LogP contribution in [0.4, 0.5) is 0 Å². The number of aromatic amines is 12. The number of halogens is 1. The SMILES string of the molecule is CCn1nnnc1CC(=O)O.COc1ccc(-c2nn[nH]n2)cc1.Cc1cc(=O)n2[nH]nnc2n1.Cc1ccc(-c2nn[nH]n2)cc1.Cc1ccc(-c2nn[nH]n2)cc1.Clc1ccc(-c2nn[nH]n2)cc1.O=C(O)c1ccc(-c2nn[nH]n2)cc1.O=c1cc(-c2ccccc2)nc2nn[nH]n12.c1cc(-c2nn[nH]n2)cc(-c2nn[nH]n2)c1.c1cc(-c2nn[nH]n2)ccn1.c1ccc(-c2nn[nH]n2)nc1.c1cncc(-c2nn[nH]n2)c1. The van der Waals surface area contributed by atoms with Gasteiger partial charge in [-0.2, -0.15) is 71.6 Å². The Kier molecular flexibility index (Phi) is 37.3. The molecule has 0 radical (unpaired) electrons. The predicted molar refractivity (Wildman–Crippen MR) is 519 cm³/mol. The third-order valence-electron chi connectivity index (χ3n) is 18.8. The van der Waals surface area contributed by atoms with E-state index in [1.165, 1.54) is 49.1 Å². The molecule has 0 spiro atoms. The number of fused-ring (bicyclic) bond motifs is 2. The van der Waals surface area contributed by atoms with Crippen LogP contribution in [-0.4, -0.2) is 321 Å². The van der Waals surface area contributed by atoms with Gasteiger partial charge in [0, 0.05) is 116 Å². The summed E-state index contributed by atoms with van der Waals surface area (Å²) in [5, 5.41) is 182. The number of tetrazole rings is 13. The fourth-order valence-electron chi connectivity index (χ4n) is 11.7.